The van der Waals surface area contributed by atoms with E-state index in [-0.39, 0.29) is 12.5 Å². The van der Waals surface area contributed by atoms with Gasteiger partial charge in [-0.25, -0.2) is 5.43 Å². The zero-order valence-electron chi connectivity index (χ0n) is 13.3. The molecule has 0 fully saturated rings. The maximum Gasteiger partial charge on any atom is 0.277 e. The fourth-order valence-electron chi connectivity index (χ4n) is 2.07. The van der Waals surface area contributed by atoms with Gasteiger partial charge in [-0.1, -0.05) is 54.6 Å². The van der Waals surface area contributed by atoms with Crippen molar-refractivity contribution in [3.63, 3.8) is 0 Å². The van der Waals surface area contributed by atoms with E-state index < -0.39 is 0 Å². The Morgan fingerprint density at radius 1 is 1.09 bits per heavy atom. The predicted molar refractivity (Wildman–Crippen MR) is 93.5 cm³/mol. The number of hydrazone groups is 1. The topological polar surface area (TPSA) is 50.7 Å². The molecule has 2 aromatic carbocycles. The lowest BCUT2D eigenvalue weighted by molar-refractivity contribution is -0.123. The number of amides is 1. The molecule has 23 heavy (non-hydrogen) atoms. The quantitative estimate of drug-likeness (QED) is 0.656. The van der Waals surface area contributed by atoms with Gasteiger partial charge in [0.1, 0.15) is 5.75 Å². The number of carbonyl (C=O) groups is 1. The third-order valence-corrected chi connectivity index (χ3v) is 3.19. The first-order valence-corrected chi connectivity index (χ1v) is 7.39. The minimum absolute atomic E-state index is 0.0641. The molecular weight excluding hydrogens is 288 g/mol. The van der Waals surface area contributed by atoms with E-state index in [1.807, 2.05) is 68.5 Å². The SMILES string of the molecule is Cc1cccc(C)c1OCC(=O)N/N=C\C=C\c1ccccc1. The highest BCUT2D eigenvalue weighted by molar-refractivity contribution is 5.82. The molecule has 4 heteroatoms. The molecule has 0 bridgehead atoms. The molecule has 0 aliphatic heterocycles. The van der Waals surface area contributed by atoms with Crippen molar-refractivity contribution in [2.75, 3.05) is 6.61 Å². The summed E-state index contributed by atoms with van der Waals surface area (Å²) in [5.74, 6) is 0.451. The largest absolute Gasteiger partial charge is 0.483 e. The zero-order chi connectivity index (χ0) is 16.5. The first-order chi connectivity index (χ1) is 11.2. The molecule has 0 spiro atoms. The molecule has 0 aromatic heterocycles. The van der Waals surface area contributed by atoms with Crippen LogP contribution in [0.5, 0.6) is 5.75 Å². The van der Waals surface area contributed by atoms with Crippen LogP contribution in [-0.4, -0.2) is 18.7 Å². The summed E-state index contributed by atoms with van der Waals surface area (Å²) in [6.07, 6.45) is 5.20. The van der Waals surface area contributed by atoms with Crippen molar-refractivity contribution in [2.45, 2.75) is 13.8 Å². The summed E-state index contributed by atoms with van der Waals surface area (Å²) in [7, 11) is 0. The number of ether oxygens (including phenoxy) is 1. The van der Waals surface area contributed by atoms with E-state index in [1.54, 1.807) is 6.08 Å². The van der Waals surface area contributed by atoms with E-state index in [0.29, 0.717) is 0 Å². The zero-order valence-corrected chi connectivity index (χ0v) is 13.3. The number of aryl methyl sites for hydroxylation is 2. The van der Waals surface area contributed by atoms with Gasteiger partial charge in [-0.2, -0.15) is 5.10 Å². The second kappa shape index (κ2) is 8.54. The lowest BCUT2D eigenvalue weighted by atomic mass is 10.1. The normalized spacial score (nSPS) is 11.0. The van der Waals surface area contributed by atoms with Gasteiger partial charge in [0.15, 0.2) is 6.61 Å². The third-order valence-electron chi connectivity index (χ3n) is 3.19. The maximum atomic E-state index is 11.7. The van der Waals surface area contributed by atoms with Gasteiger partial charge < -0.3 is 4.74 Å². The number of rotatable bonds is 6. The summed E-state index contributed by atoms with van der Waals surface area (Å²) < 4.78 is 5.55. The minimum atomic E-state index is -0.294. The molecule has 0 unspecified atom stereocenters. The Balaban J connectivity index is 1.77. The van der Waals surface area contributed by atoms with Crippen LogP contribution in [0.2, 0.25) is 0 Å². The molecule has 0 atom stereocenters. The number of nitrogens with zero attached hydrogens (tertiary/aromatic N) is 1. The summed E-state index contributed by atoms with van der Waals surface area (Å²) in [6.45, 7) is 3.84. The minimum Gasteiger partial charge on any atom is -0.483 e. The number of allylic oxidation sites excluding steroid dienone is 1. The van der Waals surface area contributed by atoms with Crippen LogP contribution >= 0.6 is 0 Å². The van der Waals surface area contributed by atoms with Gasteiger partial charge in [-0.15, -0.1) is 0 Å². The summed E-state index contributed by atoms with van der Waals surface area (Å²) in [6, 6.07) is 15.7. The Morgan fingerprint density at radius 3 is 2.48 bits per heavy atom. The summed E-state index contributed by atoms with van der Waals surface area (Å²) in [5, 5.41) is 3.85. The summed E-state index contributed by atoms with van der Waals surface area (Å²) in [4.78, 5) is 11.7. The highest BCUT2D eigenvalue weighted by Crippen LogP contribution is 2.21. The second-order valence-electron chi connectivity index (χ2n) is 5.09. The third kappa shape index (κ3) is 5.43. The highest BCUT2D eigenvalue weighted by Gasteiger charge is 2.06. The van der Waals surface area contributed by atoms with Crippen LogP contribution in [0.3, 0.4) is 0 Å². The van der Waals surface area contributed by atoms with Gasteiger partial charge in [0.25, 0.3) is 5.91 Å². The van der Waals surface area contributed by atoms with Gasteiger partial charge in [-0.3, -0.25) is 4.79 Å². The number of benzene rings is 2. The monoisotopic (exact) mass is 308 g/mol. The van der Waals surface area contributed by atoms with Crippen LogP contribution in [0.15, 0.2) is 59.7 Å². The summed E-state index contributed by atoms with van der Waals surface area (Å²) >= 11 is 0. The van der Waals surface area contributed by atoms with E-state index in [0.717, 1.165) is 22.4 Å². The molecule has 0 saturated heterocycles. The molecule has 118 valence electrons. The van der Waals surface area contributed by atoms with Gasteiger partial charge in [-0.05, 0) is 36.6 Å². The smallest absolute Gasteiger partial charge is 0.277 e. The molecule has 1 amide bonds. The Bertz CT molecular complexity index is 686. The number of hydrogen-bond acceptors (Lipinski definition) is 3. The molecule has 0 heterocycles. The van der Waals surface area contributed by atoms with Crippen LogP contribution in [0.1, 0.15) is 16.7 Å². The lowest BCUT2D eigenvalue weighted by Gasteiger charge is -2.10. The van der Waals surface area contributed by atoms with Crippen molar-refractivity contribution in [3.05, 3.63) is 71.3 Å². The van der Waals surface area contributed by atoms with Gasteiger partial charge >= 0.3 is 0 Å². The van der Waals surface area contributed by atoms with E-state index in [1.165, 1.54) is 6.21 Å². The molecule has 0 saturated carbocycles. The van der Waals surface area contributed by atoms with Crippen LogP contribution in [0.4, 0.5) is 0 Å². The van der Waals surface area contributed by atoms with Crippen molar-refractivity contribution in [3.8, 4) is 5.75 Å². The molecule has 0 aliphatic rings. The number of hydrogen-bond donors (Lipinski definition) is 1. The van der Waals surface area contributed by atoms with Crippen LogP contribution < -0.4 is 10.2 Å². The standard InChI is InChI=1S/C19H20N2O2/c1-15-8-6-9-16(2)19(15)23-14-18(22)21-20-13-7-12-17-10-4-3-5-11-17/h3-13H,14H2,1-2H3,(H,21,22)/b12-7+,20-13-. The van der Waals surface area contributed by atoms with E-state index in [4.69, 9.17) is 4.74 Å². The van der Waals surface area contributed by atoms with E-state index in [9.17, 15) is 4.79 Å². The Kier molecular flexibility index (Phi) is 6.12. The van der Waals surface area contributed by atoms with Gasteiger partial charge in [0, 0.05) is 6.21 Å². The van der Waals surface area contributed by atoms with Crippen molar-refractivity contribution >= 4 is 18.2 Å². The average molecular weight is 308 g/mol. The van der Waals surface area contributed by atoms with Crippen LogP contribution in [0, 0.1) is 13.8 Å². The van der Waals surface area contributed by atoms with Crippen LogP contribution in [0.25, 0.3) is 6.08 Å². The van der Waals surface area contributed by atoms with Crippen molar-refractivity contribution in [1.82, 2.24) is 5.43 Å². The Hall–Kier alpha value is -2.88. The summed E-state index contributed by atoms with van der Waals surface area (Å²) in [5.41, 5.74) is 5.52. The van der Waals surface area contributed by atoms with Crippen molar-refractivity contribution in [2.24, 2.45) is 5.10 Å². The highest BCUT2D eigenvalue weighted by atomic mass is 16.5. The number of para-hydroxylation sites is 1. The average Bonchev–Trinajstić information content (AvgIpc) is 2.55. The van der Waals surface area contributed by atoms with Gasteiger partial charge in [0.2, 0.25) is 0 Å². The second-order valence-corrected chi connectivity index (χ2v) is 5.09. The Morgan fingerprint density at radius 2 is 1.78 bits per heavy atom. The molecule has 2 aromatic rings. The van der Waals surface area contributed by atoms with Crippen molar-refractivity contribution < 1.29 is 9.53 Å². The fraction of sp³-hybridized carbons (Fsp3) is 0.158. The van der Waals surface area contributed by atoms with E-state index in [2.05, 4.69) is 10.5 Å². The van der Waals surface area contributed by atoms with E-state index >= 15 is 0 Å². The number of nitrogens with one attached hydrogen (secondary N) is 1. The predicted octanol–water partition coefficient (Wildman–Crippen LogP) is 3.50. The number of carbonyl (C=O) groups excluding carboxylic acids is 1. The first-order valence-electron chi connectivity index (χ1n) is 7.39. The molecule has 1 N–H and O–H groups in total. The fourth-order valence-corrected chi connectivity index (χ4v) is 2.07. The lowest BCUT2D eigenvalue weighted by Crippen LogP contribution is -2.24. The maximum absolute atomic E-state index is 11.7. The molecule has 4 nitrogen and oxygen atoms in total. The molecular formula is C19H20N2O2. The van der Waals surface area contributed by atoms with Crippen molar-refractivity contribution in [1.29, 1.82) is 0 Å². The first kappa shape index (κ1) is 16.5. The molecule has 0 aliphatic carbocycles. The van der Waals surface area contributed by atoms with Crippen LogP contribution in [-0.2, 0) is 4.79 Å². The Labute approximate surface area is 136 Å². The molecule has 2 rings (SSSR count). The van der Waals surface area contributed by atoms with Gasteiger partial charge in [0.05, 0.1) is 0 Å². The molecule has 0 radical (unpaired) electrons.